The third kappa shape index (κ3) is 3.82. The molecule has 0 spiro atoms. The summed E-state index contributed by atoms with van der Waals surface area (Å²) < 4.78 is 5.05. The molecule has 3 nitrogen and oxygen atoms in total. The minimum absolute atomic E-state index is 0.0416. The van der Waals surface area contributed by atoms with Crippen molar-refractivity contribution in [2.75, 3.05) is 7.11 Å². The Labute approximate surface area is 139 Å². The number of ether oxygens (including phenoxy) is 1. The van der Waals surface area contributed by atoms with Gasteiger partial charge >= 0.3 is 5.97 Å². The Morgan fingerprint density at radius 1 is 1.22 bits per heavy atom. The van der Waals surface area contributed by atoms with Crippen LogP contribution in [0.3, 0.4) is 0 Å². The molecule has 1 aromatic carbocycles. The number of hydrogen-bond donors (Lipinski definition) is 0. The normalized spacial score (nSPS) is 25.7. The van der Waals surface area contributed by atoms with Crippen LogP contribution >= 0.6 is 0 Å². The van der Waals surface area contributed by atoms with Crippen molar-refractivity contribution in [2.24, 2.45) is 16.7 Å². The topological polar surface area (TPSA) is 43.4 Å². The largest absolute Gasteiger partial charge is 0.468 e. The van der Waals surface area contributed by atoms with Crippen LogP contribution in [0.2, 0.25) is 0 Å². The minimum Gasteiger partial charge on any atom is -0.468 e. The van der Waals surface area contributed by atoms with Gasteiger partial charge in [-0.25, -0.2) is 0 Å². The minimum atomic E-state index is -1.02. The number of carbonyl (C=O) groups excluding carboxylic acids is 2. The fraction of sp³-hybridized carbons (Fsp3) is 0.600. The van der Waals surface area contributed by atoms with E-state index in [1.807, 2.05) is 30.3 Å². The zero-order valence-electron chi connectivity index (χ0n) is 14.7. The predicted molar refractivity (Wildman–Crippen MR) is 91.0 cm³/mol. The summed E-state index contributed by atoms with van der Waals surface area (Å²) in [5.41, 5.74) is 0.149. The summed E-state index contributed by atoms with van der Waals surface area (Å²) in [5.74, 6) is 0.120. The Morgan fingerprint density at radius 3 is 2.43 bits per heavy atom. The van der Waals surface area contributed by atoms with E-state index in [0.717, 1.165) is 18.4 Å². The van der Waals surface area contributed by atoms with Crippen LogP contribution in [0.4, 0.5) is 0 Å². The molecule has 2 rings (SSSR count). The van der Waals surface area contributed by atoms with E-state index in [1.165, 1.54) is 7.11 Å². The third-order valence-corrected chi connectivity index (χ3v) is 5.32. The lowest BCUT2D eigenvalue weighted by atomic mass is 9.72. The molecule has 0 bridgehead atoms. The lowest BCUT2D eigenvalue weighted by molar-refractivity contribution is -0.158. The highest BCUT2D eigenvalue weighted by atomic mass is 16.5. The van der Waals surface area contributed by atoms with E-state index >= 15 is 0 Å². The molecule has 0 aliphatic heterocycles. The van der Waals surface area contributed by atoms with E-state index in [0.29, 0.717) is 25.2 Å². The SMILES string of the molecule is COC(=O)[C@]1(Cc2ccccc2)CC[C@@H](C(C)(C)C)CCC1=O. The number of ketones is 1. The van der Waals surface area contributed by atoms with Gasteiger partial charge in [0.25, 0.3) is 0 Å². The van der Waals surface area contributed by atoms with Gasteiger partial charge in [-0.3, -0.25) is 9.59 Å². The maximum atomic E-state index is 12.9. The molecule has 1 aromatic rings. The molecule has 3 heteroatoms. The Bertz CT molecular complexity index is 556. The van der Waals surface area contributed by atoms with Crippen molar-refractivity contribution in [3.63, 3.8) is 0 Å². The molecule has 1 saturated carbocycles. The van der Waals surface area contributed by atoms with Crippen molar-refractivity contribution >= 4 is 11.8 Å². The van der Waals surface area contributed by atoms with Crippen LogP contribution in [0.1, 0.15) is 52.0 Å². The molecular weight excluding hydrogens is 288 g/mol. The number of rotatable bonds is 3. The second-order valence-electron chi connectivity index (χ2n) is 7.80. The van der Waals surface area contributed by atoms with Crippen LogP contribution in [0.15, 0.2) is 30.3 Å². The van der Waals surface area contributed by atoms with Crippen LogP contribution < -0.4 is 0 Å². The van der Waals surface area contributed by atoms with E-state index in [1.54, 1.807) is 0 Å². The van der Waals surface area contributed by atoms with E-state index < -0.39 is 5.41 Å². The molecule has 23 heavy (non-hydrogen) atoms. The molecular formula is C20H28O3. The van der Waals surface area contributed by atoms with Crippen LogP contribution in [0, 0.1) is 16.7 Å². The number of esters is 1. The Balaban J connectivity index is 2.33. The van der Waals surface area contributed by atoms with Crippen LogP contribution in [0.5, 0.6) is 0 Å². The second-order valence-corrected chi connectivity index (χ2v) is 7.80. The fourth-order valence-electron chi connectivity index (χ4n) is 3.73. The quantitative estimate of drug-likeness (QED) is 0.477. The standard InChI is InChI=1S/C20H28O3/c1-19(2,3)16-10-11-17(21)20(13-12-16,18(22)23-4)14-15-8-6-5-7-9-15/h5-9,16H,10-14H2,1-4H3/t16-,20-/m0/s1. The predicted octanol–water partition coefficient (Wildman–Crippen LogP) is 4.19. The van der Waals surface area contributed by atoms with Crippen molar-refractivity contribution in [3.8, 4) is 0 Å². The molecule has 0 heterocycles. The van der Waals surface area contributed by atoms with Crippen molar-refractivity contribution in [3.05, 3.63) is 35.9 Å². The summed E-state index contributed by atoms with van der Waals surface area (Å²) in [5, 5.41) is 0. The zero-order chi connectivity index (χ0) is 17.1. The lowest BCUT2D eigenvalue weighted by Gasteiger charge is -2.31. The van der Waals surface area contributed by atoms with Gasteiger partial charge in [0.05, 0.1) is 7.11 Å². The average Bonchev–Trinajstić information content (AvgIpc) is 2.68. The second kappa shape index (κ2) is 6.86. The maximum absolute atomic E-state index is 12.9. The molecule has 0 aromatic heterocycles. The van der Waals surface area contributed by atoms with Gasteiger partial charge < -0.3 is 4.74 Å². The zero-order valence-corrected chi connectivity index (χ0v) is 14.7. The number of carbonyl (C=O) groups is 2. The van der Waals surface area contributed by atoms with E-state index in [2.05, 4.69) is 20.8 Å². The first kappa shape index (κ1) is 17.7. The average molecular weight is 316 g/mol. The highest BCUT2D eigenvalue weighted by Crippen LogP contribution is 2.43. The highest BCUT2D eigenvalue weighted by Gasteiger charge is 2.48. The number of Topliss-reactive ketones (excluding diaryl/α,β-unsaturated/α-hetero) is 1. The monoisotopic (exact) mass is 316 g/mol. The van der Waals surface area contributed by atoms with Crippen molar-refractivity contribution in [2.45, 2.75) is 52.9 Å². The molecule has 1 aliphatic carbocycles. The van der Waals surface area contributed by atoms with E-state index in [9.17, 15) is 9.59 Å². The molecule has 0 saturated heterocycles. The van der Waals surface area contributed by atoms with Crippen LogP contribution in [0.25, 0.3) is 0 Å². The molecule has 2 atom stereocenters. The molecule has 1 aliphatic rings. The van der Waals surface area contributed by atoms with E-state index in [-0.39, 0.29) is 17.2 Å². The van der Waals surface area contributed by atoms with Gasteiger partial charge in [0.2, 0.25) is 0 Å². The Kier molecular flexibility index (Phi) is 5.28. The first-order chi connectivity index (χ1) is 10.8. The summed E-state index contributed by atoms with van der Waals surface area (Å²) in [6.45, 7) is 6.64. The van der Waals surface area contributed by atoms with Crippen LogP contribution in [-0.2, 0) is 20.7 Å². The van der Waals surface area contributed by atoms with Crippen molar-refractivity contribution < 1.29 is 14.3 Å². The summed E-state index contributed by atoms with van der Waals surface area (Å²) >= 11 is 0. The first-order valence-electron chi connectivity index (χ1n) is 8.45. The summed E-state index contributed by atoms with van der Waals surface area (Å²) in [4.78, 5) is 25.5. The number of hydrogen-bond acceptors (Lipinski definition) is 3. The molecule has 0 radical (unpaired) electrons. The Hall–Kier alpha value is -1.64. The lowest BCUT2D eigenvalue weighted by Crippen LogP contribution is -2.41. The number of benzene rings is 1. The van der Waals surface area contributed by atoms with Gasteiger partial charge in [0.1, 0.15) is 5.41 Å². The van der Waals surface area contributed by atoms with E-state index in [4.69, 9.17) is 4.74 Å². The van der Waals surface area contributed by atoms with Gasteiger partial charge in [0.15, 0.2) is 5.78 Å². The third-order valence-electron chi connectivity index (χ3n) is 5.32. The summed E-state index contributed by atoms with van der Waals surface area (Å²) in [6.07, 6.45) is 3.22. The smallest absolute Gasteiger partial charge is 0.319 e. The molecule has 1 fully saturated rings. The van der Waals surface area contributed by atoms with Crippen molar-refractivity contribution in [1.29, 1.82) is 0 Å². The van der Waals surface area contributed by atoms with Gasteiger partial charge in [-0.05, 0) is 42.6 Å². The van der Waals surface area contributed by atoms with Crippen molar-refractivity contribution in [1.82, 2.24) is 0 Å². The maximum Gasteiger partial charge on any atom is 0.319 e. The van der Waals surface area contributed by atoms with Gasteiger partial charge in [-0.2, -0.15) is 0 Å². The molecule has 0 N–H and O–H groups in total. The van der Waals surface area contributed by atoms with Crippen LogP contribution in [-0.4, -0.2) is 18.9 Å². The molecule has 126 valence electrons. The Morgan fingerprint density at radius 2 is 1.87 bits per heavy atom. The highest BCUT2D eigenvalue weighted by molar-refractivity contribution is 6.04. The fourth-order valence-corrected chi connectivity index (χ4v) is 3.73. The molecule has 0 unspecified atom stereocenters. The first-order valence-corrected chi connectivity index (χ1v) is 8.45. The summed E-state index contributed by atoms with van der Waals surface area (Å²) in [7, 11) is 1.38. The number of methoxy groups -OCH3 is 1. The van der Waals surface area contributed by atoms with Gasteiger partial charge in [-0.1, -0.05) is 51.1 Å². The summed E-state index contributed by atoms with van der Waals surface area (Å²) in [6, 6.07) is 9.78. The molecule has 0 amide bonds. The van der Waals surface area contributed by atoms with Gasteiger partial charge in [0, 0.05) is 6.42 Å². The van der Waals surface area contributed by atoms with Gasteiger partial charge in [-0.15, -0.1) is 0 Å².